The predicted octanol–water partition coefficient (Wildman–Crippen LogP) is 0.366. The molecule has 0 saturated carbocycles. The largest absolute Gasteiger partial charge is 0.253 e. The van der Waals surface area contributed by atoms with Gasteiger partial charge in [-0.05, 0) is 13.0 Å². The summed E-state index contributed by atoms with van der Waals surface area (Å²) < 4.78 is 1.61. The summed E-state index contributed by atoms with van der Waals surface area (Å²) in [7, 11) is 0. The van der Waals surface area contributed by atoms with Crippen molar-refractivity contribution in [1.82, 2.24) is 24.7 Å². The summed E-state index contributed by atoms with van der Waals surface area (Å²) in [6.07, 6.45) is 4.70. The highest BCUT2D eigenvalue weighted by Gasteiger charge is 1.98. The van der Waals surface area contributed by atoms with Crippen LogP contribution in [-0.2, 0) is 0 Å². The quantitative estimate of drug-likeness (QED) is 0.606. The van der Waals surface area contributed by atoms with Gasteiger partial charge in [0.15, 0.2) is 0 Å². The molecule has 0 aliphatic heterocycles. The second-order valence-electron chi connectivity index (χ2n) is 2.34. The molecule has 0 fully saturated rings. The van der Waals surface area contributed by atoms with Crippen molar-refractivity contribution in [3.05, 3.63) is 30.6 Å². The molecule has 5 nitrogen and oxygen atoms in total. The lowest BCUT2D eigenvalue weighted by Gasteiger charge is -1.94. The minimum absolute atomic E-state index is 0.540. The van der Waals surface area contributed by atoms with Crippen LogP contribution >= 0.6 is 0 Å². The maximum absolute atomic E-state index is 4.14. The zero-order chi connectivity index (χ0) is 8.39. The van der Waals surface area contributed by atoms with Gasteiger partial charge in [0.1, 0.15) is 12.7 Å². The molecule has 0 aromatic carbocycles. The second-order valence-corrected chi connectivity index (χ2v) is 2.34. The topological polar surface area (TPSA) is 56.5 Å². The first kappa shape index (κ1) is 6.90. The lowest BCUT2D eigenvalue weighted by molar-refractivity contribution is 0.784. The van der Waals surface area contributed by atoms with Crippen molar-refractivity contribution < 1.29 is 0 Å². The lowest BCUT2D eigenvalue weighted by atomic mass is 10.5. The Labute approximate surface area is 69.1 Å². The molecular weight excluding hydrogens is 154 g/mol. The third kappa shape index (κ3) is 1.16. The van der Waals surface area contributed by atoms with Gasteiger partial charge in [0, 0.05) is 6.20 Å². The smallest absolute Gasteiger partial charge is 0.225 e. The van der Waals surface area contributed by atoms with Crippen LogP contribution in [0.3, 0.4) is 0 Å². The molecule has 0 bridgehead atoms. The number of rotatable bonds is 1. The van der Waals surface area contributed by atoms with Crippen LogP contribution in [0.2, 0.25) is 0 Å². The third-order valence-corrected chi connectivity index (χ3v) is 1.41. The van der Waals surface area contributed by atoms with Gasteiger partial charge in [-0.1, -0.05) is 0 Å². The minimum atomic E-state index is 0.540. The molecule has 2 rings (SSSR count). The first-order valence-corrected chi connectivity index (χ1v) is 3.51. The van der Waals surface area contributed by atoms with E-state index in [2.05, 4.69) is 20.1 Å². The summed E-state index contributed by atoms with van der Waals surface area (Å²) in [5.74, 6) is 0.540. The van der Waals surface area contributed by atoms with Crippen molar-refractivity contribution in [2.75, 3.05) is 0 Å². The van der Waals surface area contributed by atoms with Gasteiger partial charge in [-0.25, -0.2) is 9.67 Å². The Kier molecular flexibility index (Phi) is 1.55. The van der Waals surface area contributed by atoms with Crippen molar-refractivity contribution in [2.45, 2.75) is 6.92 Å². The normalized spacial score (nSPS) is 10.1. The first-order chi connectivity index (χ1) is 5.86. The van der Waals surface area contributed by atoms with Gasteiger partial charge < -0.3 is 0 Å². The molecule has 5 heteroatoms. The zero-order valence-electron chi connectivity index (χ0n) is 6.55. The van der Waals surface area contributed by atoms with Crippen LogP contribution in [0, 0.1) is 6.92 Å². The van der Waals surface area contributed by atoms with E-state index >= 15 is 0 Å². The standard InChI is InChI=1S/C7H7N5/c1-6-2-3-12(11-6)7-9-4-8-5-10-7/h2-5H,1H3. The summed E-state index contributed by atoms with van der Waals surface area (Å²) in [5, 5.41) is 4.14. The molecular formula is C7H7N5. The van der Waals surface area contributed by atoms with E-state index in [0.29, 0.717) is 5.95 Å². The number of hydrogen-bond donors (Lipinski definition) is 0. The maximum Gasteiger partial charge on any atom is 0.253 e. The van der Waals surface area contributed by atoms with E-state index in [1.54, 1.807) is 4.68 Å². The number of hydrogen-bond acceptors (Lipinski definition) is 4. The van der Waals surface area contributed by atoms with Crippen LogP contribution in [-0.4, -0.2) is 24.7 Å². The van der Waals surface area contributed by atoms with Crippen LogP contribution in [0.5, 0.6) is 0 Å². The summed E-state index contributed by atoms with van der Waals surface area (Å²) in [6.45, 7) is 1.91. The van der Waals surface area contributed by atoms with E-state index in [4.69, 9.17) is 0 Å². The fourth-order valence-corrected chi connectivity index (χ4v) is 0.878. The molecule has 2 aromatic rings. The van der Waals surface area contributed by atoms with Crippen LogP contribution in [0.15, 0.2) is 24.9 Å². The van der Waals surface area contributed by atoms with Gasteiger partial charge in [-0.15, -0.1) is 0 Å². The van der Waals surface area contributed by atoms with E-state index in [0.717, 1.165) is 5.69 Å². The Bertz CT molecular complexity index is 366. The molecule has 12 heavy (non-hydrogen) atoms. The minimum Gasteiger partial charge on any atom is -0.225 e. The van der Waals surface area contributed by atoms with Gasteiger partial charge in [0.2, 0.25) is 0 Å². The zero-order valence-corrected chi connectivity index (χ0v) is 6.55. The SMILES string of the molecule is Cc1ccn(-c2ncncn2)n1. The Balaban J connectivity index is 2.45. The molecule has 0 aliphatic rings. The average Bonchev–Trinajstić information content (AvgIpc) is 2.54. The predicted molar refractivity (Wildman–Crippen MR) is 41.7 cm³/mol. The van der Waals surface area contributed by atoms with E-state index in [1.165, 1.54) is 12.7 Å². The fourth-order valence-electron chi connectivity index (χ4n) is 0.878. The van der Waals surface area contributed by atoms with Crippen molar-refractivity contribution in [1.29, 1.82) is 0 Å². The molecule has 0 aliphatic carbocycles. The summed E-state index contributed by atoms with van der Waals surface area (Å²) in [4.78, 5) is 11.6. The van der Waals surface area contributed by atoms with Crippen LogP contribution in [0.4, 0.5) is 0 Å². The van der Waals surface area contributed by atoms with E-state index in [-0.39, 0.29) is 0 Å². The molecule has 0 saturated heterocycles. The van der Waals surface area contributed by atoms with Crippen molar-refractivity contribution in [3.8, 4) is 5.95 Å². The Morgan fingerprint density at radius 2 is 2.00 bits per heavy atom. The van der Waals surface area contributed by atoms with Crippen molar-refractivity contribution in [3.63, 3.8) is 0 Å². The highest BCUT2D eigenvalue weighted by atomic mass is 15.3. The first-order valence-electron chi connectivity index (χ1n) is 3.51. The van der Waals surface area contributed by atoms with Crippen LogP contribution in [0.25, 0.3) is 5.95 Å². The molecule has 0 radical (unpaired) electrons. The highest BCUT2D eigenvalue weighted by molar-refractivity contribution is 5.08. The van der Waals surface area contributed by atoms with Gasteiger partial charge in [-0.3, -0.25) is 0 Å². The number of aromatic nitrogens is 5. The van der Waals surface area contributed by atoms with Gasteiger partial charge in [0.25, 0.3) is 5.95 Å². The monoisotopic (exact) mass is 161 g/mol. The molecule has 0 unspecified atom stereocenters. The molecule has 2 aromatic heterocycles. The van der Waals surface area contributed by atoms with Crippen LogP contribution < -0.4 is 0 Å². The second kappa shape index (κ2) is 2.69. The number of aryl methyl sites for hydroxylation is 1. The van der Waals surface area contributed by atoms with Gasteiger partial charge in [-0.2, -0.15) is 15.1 Å². The Morgan fingerprint density at radius 1 is 1.25 bits per heavy atom. The summed E-state index contributed by atoms with van der Waals surface area (Å²) >= 11 is 0. The van der Waals surface area contributed by atoms with Gasteiger partial charge >= 0.3 is 0 Å². The average molecular weight is 161 g/mol. The number of nitrogens with zero attached hydrogens (tertiary/aromatic N) is 5. The van der Waals surface area contributed by atoms with Gasteiger partial charge in [0.05, 0.1) is 5.69 Å². The summed E-state index contributed by atoms with van der Waals surface area (Å²) in [5.41, 5.74) is 0.940. The maximum atomic E-state index is 4.14. The molecule has 0 amide bonds. The fraction of sp³-hybridized carbons (Fsp3) is 0.143. The molecule has 2 heterocycles. The van der Waals surface area contributed by atoms with E-state index in [9.17, 15) is 0 Å². The van der Waals surface area contributed by atoms with Crippen molar-refractivity contribution in [2.24, 2.45) is 0 Å². The lowest BCUT2D eigenvalue weighted by Crippen LogP contribution is -2.01. The highest BCUT2D eigenvalue weighted by Crippen LogP contribution is 1.97. The molecule has 0 spiro atoms. The summed E-state index contributed by atoms with van der Waals surface area (Å²) in [6, 6.07) is 1.89. The molecule has 0 N–H and O–H groups in total. The third-order valence-electron chi connectivity index (χ3n) is 1.41. The Hall–Kier alpha value is -1.78. The molecule has 0 atom stereocenters. The van der Waals surface area contributed by atoms with E-state index in [1.807, 2.05) is 19.2 Å². The van der Waals surface area contributed by atoms with Crippen LogP contribution in [0.1, 0.15) is 5.69 Å². The Morgan fingerprint density at radius 3 is 2.58 bits per heavy atom. The molecule has 60 valence electrons. The van der Waals surface area contributed by atoms with Crippen molar-refractivity contribution >= 4 is 0 Å². The van der Waals surface area contributed by atoms with E-state index < -0.39 is 0 Å².